The highest BCUT2D eigenvalue weighted by atomic mass is 32.2. The predicted octanol–water partition coefficient (Wildman–Crippen LogP) is 3.03. The van der Waals surface area contributed by atoms with Crippen LogP contribution in [0.25, 0.3) is 0 Å². The van der Waals surface area contributed by atoms with Crippen molar-refractivity contribution in [1.29, 1.82) is 0 Å². The molecule has 1 unspecified atom stereocenters. The van der Waals surface area contributed by atoms with E-state index in [4.69, 9.17) is 0 Å². The number of rotatable bonds is 6. The van der Waals surface area contributed by atoms with E-state index in [2.05, 4.69) is 35.3 Å². The maximum absolute atomic E-state index is 4.50. The van der Waals surface area contributed by atoms with Gasteiger partial charge in [-0.2, -0.15) is 5.10 Å². The van der Waals surface area contributed by atoms with Crippen molar-refractivity contribution in [3.63, 3.8) is 0 Å². The summed E-state index contributed by atoms with van der Waals surface area (Å²) in [5.41, 5.74) is 1.24. The molecule has 1 N–H and O–H groups in total. The molecule has 2 aromatic rings. The van der Waals surface area contributed by atoms with E-state index in [0.717, 1.165) is 22.9 Å². The number of hydrogen-bond donors (Lipinski definition) is 1. The van der Waals surface area contributed by atoms with E-state index in [1.165, 1.54) is 5.56 Å². The zero-order chi connectivity index (χ0) is 13.7. The van der Waals surface area contributed by atoms with Crippen LogP contribution in [-0.2, 0) is 7.05 Å². The van der Waals surface area contributed by atoms with Crippen LogP contribution in [-0.4, -0.2) is 21.3 Å². The molecule has 1 atom stereocenters. The van der Waals surface area contributed by atoms with Crippen molar-refractivity contribution in [3.8, 4) is 0 Å². The second-order valence-electron chi connectivity index (χ2n) is 4.53. The average molecular weight is 276 g/mol. The third-order valence-electron chi connectivity index (χ3n) is 2.86. The van der Waals surface area contributed by atoms with Crippen LogP contribution >= 0.6 is 11.8 Å². The molecule has 0 aliphatic heterocycles. The van der Waals surface area contributed by atoms with Gasteiger partial charge in [0.25, 0.3) is 0 Å². The Bertz CT molecular complexity index is 524. The van der Waals surface area contributed by atoms with Crippen molar-refractivity contribution in [1.82, 2.24) is 20.1 Å². The summed E-state index contributed by atoms with van der Waals surface area (Å²) in [5.74, 6) is 0. The topological polar surface area (TPSA) is 42.7 Å². The van der Waals surface area contributed by atoms with E-state index in [1.807, 2.05) is 36.4 Å². The predicted molar refractivity (Wildman–Crippen MR) is 78.3 cm³/mol. The molecule has 0 amide bonds. The highest BCUT2D eigenvalue weighted by Gasteiger charge is 2.12. The molecule has 0 saturated carbocycles. The number of hydrogen-bond acceptors (Lipinski definition) is 4. The summed E-state index contributed by atoms with van der Waals surface area (Å²) in [4.78, 5) is 5.61. The van der Waals surface area contributed by atoms with Gasteiger partial charge in [0.2, 0.25) is 0 Å². The maximum Gasteiger partial charge on any atom is 0.106 e. The monoisotopic (exact) mass is 276 g/mol. The van der Waals surface area contributed by atoms with Gasteiger partial charge in [-0.1, -0.05) is 24.8 Å². The third kappa shape index (κ3) is 3.81. The Morgan fingerprint density at radius 3 is 3.00 bits per heavy atom. The Hall–Kier alpha value is -1.33. The number of aromatic nitrogens is 3. The standard InChI is InChI=1S/C14H20N4S/c1-4-7-15-11(2)13-6-5-8-16-14(13)19-12-9-17-18(3)10-12/h5-6,8-11,15H,4,7H2,1-3H3. The van der Waals surface area contributed by atoms with Crippen LogP contribution in [0, 0.1) is 0 Å². The van der Waals surface area contributed by atoms with Gasteiger partial charge in [-0.15, -0.1) is 0 Å². The lowest BCUT2D eigenvalue weighted by molar-refractivity contribution is 0.560. The Kier molecular flexibility index (Phi) is 4.99. The zero-order valence-electron chi connectivity index (χ0n) is 11.6. The van der Waals surface area contributed by atoms with Crippen LogP contribution in [0.1, 0.15) is 31.9 Å². The number of nitrogens with one attached hydrogen (secondary N) is 1. The van der Waals surface area contributed by atoms with Gasteiger partial charge in [0.15, 0.2) is 0 Å². The van der Waals surface area contributed by atoms with Crippen LogP contribution in [0.2, 0.25) is 0 Å². The smallest absolute Gasteiger partial charge is 0.106 e. The normalized spacial score (nSPS) is 12.6. The van der Waals surface area contributed by atoms with E-state index < -0.39 is 0 Å². The van der Waals surface area contributed by atoms with Gasteiger partial charge >= 0.3 is 0 Å². The van der Waals surface area contributed by atoms with Crippen molar-refractivity contribution in [2.45, 2.75) is 36.2 Å². The molecule has 0 fully saturated rings. The molecule has 0 radical (unpaired) electrons. The van der Waals surface area contributed by atoms with Gasteiger partial charge < -0.3 is 5.32 Å². The quantitative estimate of drug-likeness (QED) is 0.880. The fourth-order valence-electron chi connectivity index (χ4n) is 1.85. The molecule has 2 heterocycles. The van der Waals surface area contributed by atoms with Crippen LogP contribution in [0.4, 0.5) is 0 Å². The molecule has 0 aliphatic rings. The van der Waals surface area contributed by atoms with Gasteiger partial charge in [0, 0.05) is 31.0 Å². The number of nitrogens with zero attached hydrogens (tertiary/aromatic N) is 3. The van der Waals surface area contributed by atoms with E-state index in [1.54, 1.807) is 11.8 Å². The molecule has 2 aromatic heterocycles. The van der Waals surface area contributed by atoms with E-state index in [-0.39, 0.29) is 0 Å². The second kappa shape index (κ2) is 6.73. The first-order valence-corrected chi connectivity index (χ1v) is 7.37. The van der Waals surface area contributed by atoms with Crippen LogP contribution < -0.4 is 5.32 Å². The molecule has 2 rings (SSSR count). The lowest BCUT2D eigenvalue weighted by Crippen LogP contribution is -2.20. The van der Waals surface area contributed by atoms with Gasteiger partial charge in [-0.3, -0.25) is 4.68 Å². The summed E-state index contributed by atoms with van der Waals surface area (Å²) >= 11 is 1.66. The average Bonchev–Trinajstić information content (AvgIpc) is 2.82. The highest BCUT2D eigenvalue weighted by molar-refractivity contribution is 7.99. The molecule has 0 spiro atoms. The summed E-state index contributed by atoms with van der Waals surface area (Å²) < 4.78 is 1.81. The van der Waals surface area contributed by atoms with E-state index in [0.29, 0.717) is 6.04 Å². The Morgan fingerprint density at radius 1 is 1.47 bits per heavy atom. The van der Waals surface area contributed by atoms with Gasteiger partial charge in [-0.05, 0) is 26.0 Å². The van der Waals surface area contributed by atoms with Crippen molar-refractivity contribution in [3.05, 3.63) is 36.3 Å². The molecule has 0 aromatic carbocycles. The largest absolute Gasteiger partial charge is 0.310 e. The molecule has 0 saturated heterocycles. The minimum atomic E-state index is 0.313. The molecule has 19 heavy (non-hydrogen) atoms. The lowest BCUT2D eigenvalue weighted by Gasteiger charge is -2.16. The summed E-state index contributed by atoms with van der Waals surface area (Å²) in [6.07, 6.45) is 6.85. The fraction of sp³-hybridized carbons (Fsp3) is 0.429. The summed E-state index contributed by atoms with van der Waals surface area (Å²) in [6, 6.07) is 4.44. The van der Waals surface area contributed by atoms with Crippen LogP contribution in [0.15, 0.2) is 40.6 Å². The molecular formula is C14H20N4S. The summed E-state index contributed by atoms with van der Waals surface area (Å²) in [7, 11) is 1.93. The van der Waals surface area contributed by atoms with E-state index >= 15 is 0 Å². The Morgan fingerprint density at radius 2 is 2.32 bits per heavy atom. The van der Waals surface area contributed by atoms with Gasteiger partial charge in [0.05, 0.1) is 11.1 Å². The molecule has 4 nitrogen and oxygen atoms in total. The number of pyridine rings is 1. The van der Waals surface area contributed by atoms with Gasteiger partial charge in [0.1, 0.15) is 5.03 Å². The van der Waals surface area contributed by atoms with Crippen molar-refractivity contribution >= 4 is 11.8 Å². The zero-order valence-corrected chi connectivity index (χ0v) is 12.4. The first-order valence-electron chi connectivity index (χ1n) is 6.55. The fourth-order valence-corrected chi connectivity index (χ4v) is 2.86. The molecular weight excluding hydrogens is 256 g/mol. The van der Waals surface area contributed by atoms with Crippen LogP contribution in [0.3, 0.4) is 0 Å². The first kappa shape index (κ1) is 14.1. The lowest BCUT2D eigenvalue weighted by atomic mass is 10.1. The maximum atomic E-state index is 4.50. The SMILES string of the molecule is CCCNC(C)c1cccnc1Sc1cnn(C)c1. The molecule has 5 heteroatoms. The Labute approximate surface area is 118 Å². The van der Waals surface area contributed by atoms with Crippen molar-refractivity contribution < 1.29 is 0 Å². The summed E-state index contributed by atoms with van der Waals surface area (Å²) in [5, 5.41) is 8.74. The van der Waals surface area contributed by atoms with Crippen molar-refractivity contribution in [2.75, 3.05) is 6.54 Å². The number of aryl methyl sites for hydroxylation is 1. The molecule has 102 valence electrons. The van der Waals surface area contributed by atoms with Crippen molar-refractivity contribution in [2.24, 2.45) is 7.05 Å². The highest BCUT2D eigenvalue weighted by Crippen LogP contribution is 2.30. The second-order valence-corrected chi connectivity index (χ2v) is 5.59. The van der Waals surface area contributed by atoms with E-state index in [9.17, 15) is 0 Å². The summed E-state index contributed by atoms with van der Waals surface area (Å²) in [6.45, 7) is 5.38. The first-order chi connectivity index (χ1) is 9.20. The minimum absolute atomic E-state index is 0.313. The molecule has 0 aliphatic carbocycles. The minimum Gasteiger partial charge on any atom is -0.310 e. The molecule has 0 bridgehead atoms. The van der Waals surface area contributed by atoms with Gasteiger partial charge in [-0.25, -0.2) is 4.98 Å². The Balaban J connectivity index is 2.16. The van der Waals surface area contributed by atoms with Crippen LogP contribution in [0.5, 0.6) is 0 Å². The third-order valence-corrected chi connectivity index (χ3v) is 3.84.